The van der Waals surface area contributed by atoms with Crippen molar-refractivity contribution < 1.29 is 19.0 Å². The van der Waals surface area contributed by atoms with Gasteiger partial charge in [0.05, 0.1) is 25.4 Å². The van der Waals surface area contributed by atoms with Gasteiger partial charge in [-0.2, -0.15) is 0 Å². The molecule has 2 saturated heterocycles. The average Bonchev–Trinajstić information content (AvgIpc) is 2.81. The molecule has 2 N–H and O–H groups in total. The Kier molecular flexibility index (Phi) is 10.1. The number of benzene rings is 1. The number of likely N-dealkylation sites (tertiary alicyclic amines) is 1. The predicted octanol–water partition coefficient (Wildman–Crippen LogP) is 3.04. The van der Waals surface area contributed by atoms with Crippen molar-refractivity contribution in [2.45, 2.75) is 58.2 Å². The highest BCUT2D eigenvalue weighted by Gasteiger charge is 2.23. The van der Waals surface area contributed by atoms with Gasteiger partial charge in [0.15, 0.2) is 5.96 Å². The molecule has 2 aliphatic heterocycles. The number of nitrogens with one attached hydrogen (secondary N) is 2. The molecule has 2 aliphatic rings. The number of rotatable bonds is 9. The maximum Gasteiger partial charge on any atom is 0.221 e. The minimum absolute atomic E-state index is 0.0986. The SMILES string of the molecule is CCNC(=NCCOc1cccc(NC(C)=O)c1)N1CCC(OCC2CCCCO2)CC1. The lowest BCUT2D eigenvalue weighted by molar-refractivity contribution is -0.114. The highest BCUT2D eigenvalue weighted by atomic mass is 16.5. The summed E-state index contributed by atoms with van der Waals surface area (Å²) >= 11 is 0. The Labute approximate surface area is 191 Å². The summed E-state index contributed by atoms with van der Waals surface area (Å²) in [6, 6.07) is 7.40. The Morgan fingerprint density at radius 3 is 2.81 bits per heavy atom. The number of aliphatic imine (C=N–C) groups is 1. The monoisotopic (exact) mass is 446 g/mol. The molecular formula is C24H38N4O4. The molecule has 1 aromatic carbocycles. The standard InChI is InChI=1S/C24H38N4O4/c1-3-25-24(26-12-16-31-22-9-6-7-20(17-22)27-19(2)29)28-13-10-21(11-14-28)32-18-23-8-4-5-15-30-23/h6-7,9,17,21,23H,3-5,8,10-16,18H2,1-2H3,(H,25,26)(H,27,29). The van der Waals surface area contributed by atoms with E-state index in [1.165, 1.54) is 19.8 Å². The number of anilines is 1. The van der Waals surface area contributed by atoms with Crippen LogP contribution in [0.4, 0.5) is 5.69 Å². The van der Waals surface area contributed by atoms with Gasteiger partial charge in [-0.15, -0.1) is 0 Å². The van der Waals surface area contributed by atoms with E-state index in [0.717, 1.165) is 69.5 Å². The third kappa shape index (κ3) is 8.31. The number of ether oxygens (including phenoxy) is 3. The van der Waals surface area contributed by atoms with Crippen molar-refractivity contribution in [1.82, 2.24) is 10.2 Å². The van der Waals surface area contributed by atoms with Gasteiger partial charge in [-0.05, 0) is 51.2 Å². The molecule has 2 fully saturated rings. The lowest BCUT2D eigenvalue weighted by atomic mass is 10.1. The third-order valence-corrected chi connectivity index (χ3v) is 5.64. The number of carbonyl (C=O) groups is 1. The van der Waals surface area contributed by atoms with Crippen LogP contribution in [0.1, 0.15) is 46.0 Å². The number of amides is 1. The van der Waals surface area contributed by atoms with Crippen molar-refractivity contribution in [2.75, 3.05) is 51.3 Å². The minimum Gasteiger partial charge on any atom is -0.492 e. The van der Waals surface area contributed by atoms with Crippen LogP contribution in [0.5, 0.6) is 5.75 Å². The Hall–Kier alpha value is -2.32. The first-order chi connectivity index (χ1) is 15.6. The zero-order valence-electron chi connectivity index (χ0n) is 19.5. The van der Waals surface area contributed by atoms with Crippen LogP contribution in [-0.2, 0) is 14.3 Å². The summed E-state index contributed by atoms with van der Waals surface area (Å²) in [6.07, 6.45) is 6.14. The van der Waals surface area contributed by atoms with Crippen molar-refractivity contribution in [3.05, 3.63) is 24.3 Å². The number of hydrogen-bond acceptors (Lipinski definition) is 5. The lowest BCUT2D eigenvalue weighted by Crippen LogP contribution is -2.47. The summed E-state index contributed by atoms with van der Waals surface area (Å²) in [6.45, 7) is 8.89. The van der Waals surface area contributed by atoms with E-state index in [2.05, 4.69) is 22.5 Å². The summed E-state index contributed by atoms with van der Waals surface area (Å²) in [7, 11) is 0. The maximum absolute atomic E-state index is 11.2. The van der Waals surface area contributed by atoms with E-state index in [9.17, 15) is 4.79 Å². The van der Waals surface area contributed by atoms with Gasteiger partial charge in [-0.3, -0.25) is 4.79 Å². The van der Waals surface area contributed by atoms with Crippen LogP contribution in [0, 0.1) is 0 Å². The van der Waals surface area contributed by atoms with Crippen LogP contribution in [-0.4, -0.2) is 75.0 Å². The molecule has 0 radical (unpaired) electrons. The number of hydrogen-bond donors (Lipinski definition) is 2. The summed E-state index contributed by atoms with van der Waals surface area (Å²) < 4.78 is 17.7. The Balaban J connectivity index is 1.40. The minimum atomic E-state index is -0.0986. The molecule has 0 aromatic heterocycles. The Bertz CT molecular complexity index is 728. The highest BCUT2D eigenvalue weighted by Crippen LogP contribution is 2.19. The summed E-state index contributed by atoms with van der Waals surface area (Å²) in [5.74, 6) is 1.55. The largest absolute Gasteiger partial charge is 0.492 e. The predicted molar refractivity (Wildman–Crippen MR) is 126 cm³/mol. The second kappa shape index (κ2) is 13.3. The first-order valence-corrected chi connectivity index (χ1v) is 11.9. The van der Waals surface area contributed by atoms with E-state index in [0.29, 0.717) is 19.3 Å². The number of guanidine groups is 1. The zero-order chi connectivity index (χ0) is 22.6. The number of nitrogens with zero attached hydrogens (tertiary/aromatic N) is 2. The van der Waals surface area contributed by atoms with Crippen LogP contribution in [0.2, 0.25) is 0 Å². The fourth-order valence-corrected chi connectivity index (χ4v) is 4.02. The van der Waals surface area contributed by atoms with Gasteiger partial charge in [0.2, 0.25) is 5.91 Å². The molecule has 8 nitrogen and oxygen atoms in total. The molecule has 0 spiro atoms. The van der Waals surface area contributed by atoms with Gasteiger partial charge >= 0.3 is 0 Å². The van der Waals surface area contributed by atoms with Crippen LogP contribution >= 0.6 is 0 Å². The smallest absolute Gasteiger partial charge is 0.221 e. The highest BCUT2D eigenvalue weighted by molar-refractivity contribution is 5.88. The quantitative estimate of drug-likeness (QED) is 0.345. The topological polar surface area (TPSA) is 84.4 Å². The van der Waals surface area contributed by atoms with Crippen LogP contribution in [0.3, 0.4) is 0 Å². The lowest BCUT2D eigenvalue weighted by Gasteiger charge is -2.35. The molecule has 1 atom stereocenters. The molecule has 0 saturated carbocycles. The molecule has 0 aliphatic carbocycles. The van der Waals surface area contributed by atoms with E-state index in [1.807, 2.05) is 24.3 Å². The van der Waals surface area contributed by atoms with Gasteiger partial charge in [-0.1, -0.05) is 6.07 Å². The molecule has 0 bridgehead atoms. The number of carbonyl (C=O) groups excluding carboxylic acids is 1. The molecule has 2 heterocycles. The molecule has 1 amide bonds. The number of piperidine rings is 1. The van der Waals surface area contributed by atoms with Gasteiger partial charge in [0.1, 0.15) is 12.4 Å². The van der Waals surface area contributed by atoms with Crippen molar-refractivity contribution in [3.63, 3.8) is 0 Å². The summed E-state index contributed by atoms with van der Waals surface area (Å²) in [5.41, 5.74) is 0.729. The fraction of sp³-hybridized carbons (Fsp3) is 0.667. The van der Waals surface area contributed by atoms with Crippen molar-refractivity contribution >= 4 is 17.6 Å². The van der Waals surface area contributed by atoms with Crippen LogP contribution in [0.15, 0.2) is 29.3 Å². The Morgan fingerprint density at radius 2 is 2.09 bits per heavy atom. The van der Waals surface area contributed by atoms with Crippen molar-refractivity contribution in [3.8, 4) is 5.75 Å². The van der Waals surface area contributed by atoms with E-state index in [4.69, 9.17) is 19.2 Å². The van der Waals surface area contributed by atoms with E-state index in [-0.39, 0.29) is 12.0 Å². The van der Waals surface area contributed by atoms with Gasteiger partial charge in [0, 0.05) is 44.9 Å². The molecule has 8 heteroatoms. The second-order valence-electron chi connectivity index (χ2n) is 8.30. The summed E-state index contributed by atoms with van der Waals surface area (Å²) in [4.78, 5) is 18.3. The Morgan fingerprint density at radius 1 is 1.25 bits per heavy atom. The normalized spacial score (nSPS) is 20.1. The van der Waals surface area contributed by atoms with Crippen LogP contribution in [0.25, 0.3) is 0 Å². The van der Waals surface area contributed by atoms with Gasteiger partial charge in [0.25, 0.3) is 0 Å². The van der Waals surface area contributed by atoms with E-state index >= 15 is 0 Å². The summed E-state index contributed by atoms with van der Waals surface area (Å²) in [5, 5.41) is 6.16. The van der Waals surface area contributed by atoms with Crippen molar-refractivity contribution in [1.29, 1.82) is 0 Å². The van der Waals surface area contributed by atoms with E-state index in [1.54, 1.807) is 0 Å². The molecule has 178 valence electrons. The van der Waals surface area contributed by atoms with Gasteiger partial charge < -0.3 is 29.7 Å². The van der Waals surface area contributed by atoms with Crippen molar-refractivity contribution in [2.24, 2.45) is 4.99 Å². The van der Waals surface area contributed by atoms with E-state index < -0.39 is 0 Å². The first-order valence-electron chi connectivity index (χ1n) is 11.9. The zero-order valence-corrected chi connectivity index (χ0v) is 19.5. The molecule has 1 unspecified atom stereocenters. The van der Waals surface area contributed by atoms with Crippen LogP contribution < -0.4 is 15.4 Å². The molecule has 3 rings (SSSR count). The fourth-order valence-electron chi connectivity index (χ4n) is 4.02. The average molecular weight is 447 g/mol. The second-order valence-corrected chi connectivity index (χ2v) is 8.30. The third-order valence-electron chi connectivity index (χ3n) is 5.64. The maximum atomic E-state index is 11.2. The molecule has 1 aromatic rings. The first kappa shape index (κ1) is 24.3. The molecular weight excluding hydrogens is 408 g/mol. The molecule has 32 heavy (non-hydrogen) atoms. The van der Waals surface area contributed by atoms with Gasteiger partial charge in [-0.25, -0.2) is 4.99 Å².